The summed E-state index contributed by atoms with van der Waals surface area (Å²) in [5, 5.41) is 0. The van der Waals surface area contributed by atoms with Gasteiger partial charge in [0.05, 0.1) is 12.5 Å². The van der Waals surface area contributed by atoms with E-state index in [0.29, 0.717) is 6.04 Å². The minimum Gasteiger partial charge on any atom is -0.472 e. The Morgan fingerprint density at radius 2 is 2.31 bits per heavy atom. The van der Waals surface area contributed by atoms with Crippen molar-refractivity contribution in [1.29, 1.82) is 0 Å². The Labute approximate surface area is 96.6 Å². The van der Waals surface area contributed by atoms with Crippen LogP contribution < -0.4 is 5.73 Å². The second-order valence-corrected chi connectivity index (χ2v) is 5.34. The second-order valence-electron chi connectivity index (χ2n) is 5.34. The fourth-order valence-corrected chi connectivity index (χ4v) is 3.38. The van der Waals surface area contributed by atoms with Crippen molar-refractivity contribution in [2.75, 3.05) is 13.1 Å². The SMILES string of the molecule is NC1CCCC2CN(Cc3ccoc3)CC12. The molecule has 2 N–H and O–H groups in total. The van der Waals surface area contributed by atoms with Crippen molar-refractivity contribution in [2.45, 2.75) is 31.8 Å². The van der Waals surface area contributed by atoms with Gasteiger partial charge in [0.15, 0.2) is 0 Å². The molecule has 3 heteroatoms. The lowest BCUT2D eigenvalue weighted by atomic mass is 9.78. The number of rotatable bonds is 2. The predicted octanol–water partition coefficient (Wildman–Crippen LogP) is 1.84. The molecule has 1 aromatic rings. The molecule has 1 saturated heterocycles. The number of furan rings is 1. The molecule has 1 saturated carbocycles. The molecule has 0 aromatic carbocycles. The van der Waals surface area contributed by atoms with E-state index < -0.39 is 0 Å². The lowest BCUT2D eigenvalue weighted by Crippen LogP contribution is -2.38. The van der Waals surface area contributed by atoms with Crippen molar-refractivity contribution in [1.82, 2.24) is 4.90 Å². The van der Waals surface area contributed by atoms with E-state index in [1.54, 1.807) is 6.26 Å². The molecule has 0 amide bonds. The summed E-state index contributed by atoms with van der Waals surface area (Å²) in [5.41, 5.74) is 7.49. The minimum absolute atomic E-state index is 0.438. The number of hydrogen-bond donors (Lipinski definition) is 1. The van der Waals surface area contributed by atoms with Gasteiger partial charge in [0.2, 0.25) is 0 Å². The molecule has 0 radical (unpaired) electrons. The van der Waals surface area contributed by atoms with Gasteiger partial charge >= 0.3 is 0 Å². The van der Waals surface area contributed by atoms with E-state index in [1.165, 1.54) is 37.9 Å². The third-order valence-electron chi connectivity index (χ3n) is 4.22. The molecule has 3 nitrogen and oxygen atoms in total. The topological polar surface area (TPSA) is 42.4 Å². The summed E-state index contributed by atoms with van der Waals surface area (Å²) < 4.78 is 5.11. The standard InChI is InChI=1S/C13H20N2O/c14-13-3-1-2-11-7-15(8-12(11)13)6-10-4-5-16-9-10/h4-5,9,11-13H,1-3,6-8,14H2. The van der Waals surface area contributed by atoms with E-state index >= 15 is 0 Å². The van der Waals surface area contributed by atoms with Gasteiger partial charge in [0, 0.05) is 31.2 Å². The van der Waals surface area contributed by atoms with Crippen LogP contribution in [-0.4, -0.2) is 24.0 Å². The lowest BCUT2D eigenvalue weighted by molar-refractivity contribution is 0.259. The Bertz CT molecular complexity index is 336. The highest BCUT2D eigenvalue weighted by molar-refractivity contribution is 5.06. The van der Waals surface area contributed by atoms with Crippen molar-refractivity contribution in [2.24, 2.45) is 17.6 Å². The summed E-state index contributed by atoms with van der Waals surface area (Å²) in [7, 11) is 0. The van der Waals surface area contributed by atoms with E-state index in [9.17, 15) is 0 Å². The molecule has 2 fully saturated rings. The van der Waals surface area contributed by atoms with E-state index in [-0.39, 0.29) is 0 Å². The third kappa shape index (κ3) is 1.89. The first-order valence-corrected chi connectivity index (χ1v) is 6.32. The highest BCUT2D eigenvalue weighted by Crippen LogP contribution is 2.35. The molecule has 2 heterocycles. The summed E-state index contributed by atoms with van der Waals surface area (Å²) in [6, 6.07) is 2.50. The van der Waals surface area contributed by atoms with Gasteiger partial charge in [0.25, 0.3) is 0 Å². The molecule has 88 valence electrons. The van der Waals surface area contributed by atoms with Gasteiger partial charge in [-0.15, -0.1) is 0 Å². The van der Waals surface area contributed by atoms with Crippen LogP contribution >= 0.6 is 0 Å². The predicted molar refractivity (Wildman–Crippen MR) is 62.8 cm³/mol. The number of likely N-dealkylation sites (tertiary alicyclic amines) is 1. The Balaban J connectivity index is 1.63. The van der Waals surface area contributed by atoms with Crippen LogP contribution in [0.15, 0.2) is 23.0 Å². The molecule has 0 bridgehead atoms. The number of hydrogen-bond acceptors (Lipinski definition) is 3. The fourth-order valence-electron chi connectivity index (χ4n) is 3.38. The molecule has 1 aliphatic heterocycles. The van der Waals surface area contributed by atoms with Gasteiger partial charge in [0.1, 0.15) is 0 Å². The zero-order valence-corrected chi connectivity index (χ0v) is 9.64. The lowest BCUT2D eigenvalue weighted by Gasteiger charge is -2.29. The molecule has 2 aliphatic rings. The Kier molecular flexibility index (Phi) is 2.74. The third-order valence-corrected chi connectivity index (χ3v) is 4.22. The number of nitrogens with two attached hydrogens (primary N) is 1. The highest BCUT2D eigenvalue weighted by Gasteiger charge is 2.38. The van der Waals surface area contributed by atoms with Gasteiger partial charge in [-0.2, -0.15) is 0 Å². The smallest absolute Gasteiger partial charge is 0.0947 e. The first kappa shape index (κ1) is 10.4. The highest BCUT2D eigenvalue weighted by atomic mass is 16.3. The zero-order valence-electron chi connectivity index (χ0n) is 9.64. The quantitative estimate of drug-likeness (QED) is 0.827. The van der Waals surface area contributed by atoms with Crippen LogP contribution in [0.25, 0.3) is 0 Å². The molecule has 3 atom stereocenters. The van der Waals surface area contributed by atoms with Crippen molar-refractivity contribution in [3.8, 4) is 0 Å². The first-order chi connectivity index (χ1) is 7.83. The maximum absolute atomic E-state index is 6.21. The minimum atomic E-state index is 0.438. The van der Waals surface area contributed by atoms with Crippen LogP contribution in [0.5, 0.6) is 0 Å². The first-order valence-electron chi connectivity index (χ1n) is 6.32. The summed E-state index contributed by atoms with van der Waals surface area (Å²) in [4.78, 5) is 2.53. The van der Waals surface area contributed by atoms with E-state index in [4.69, 9.17) is 10.2 Å². The Morgan fingerprint density at radius 1 is 1.38 bits per heavy atom. The summed E-state index contributed by atoms with van der Waals surface area (Å²) in [5.74, 6) is 1.58. The fraction of sp³-hybridized carbons (Fsp3) is 0.692. The monoisotopic (exact) mass is 220 g/mol. The van der Waals surface area contributed by atoms with Crippen LogP contribution in [0, 0.1) is 11.8 Å². The van der Waals surface area contributed by atoms with Gasteiger partial charge in [-0.05, 0) is 30.7 Å². The molecular formula is C13H20N2O. The molecule has 3 unspecified atom stereocenters. The van der Waals surface area contributed by atoms with Gasteiger partial charge in [-0.25, -0.2) is 0 Å². The molecule has 3 rings (SSSR count). The van der Waals surface area contributed by atoms with Crippen LogP contribution in [0.3, 0.4) is 0 Å². The molecule has 1 aliphatic carbocycles. The zero-order chi connectivity index (χ0) is 11.0. The van der Waals surface area contributed by atoms with Gasteiger partial charge < -0.3 is 10.2 Å². The largest absolute Gasteiger partial charge is 0.472 e. The normalized spacial score (nSPS) is 35.2. The Morgan fingerprint density at radius 3 is 3.06 bits per heavy atom. The van der Waals surface area contributed by atoms with Crippen LogP contribution in [0.1, 0.15) is 24.8 Å². The van der Waals surface area contributed by atoms with Crippen LogP contribution in [-0.2, 0) is 6.54 Å². The Hall–Kier alpha value is -0.800. The molecule has 16 heavy (non-hydrogen) atoms. The maximum atomic E-state index is 6.21. The van der Waals surface area contributed by atoms with Crippen molar-refractivity contribution >= 4 is 0 Å². The van der Waals surface area contributed by atoms with E-state index in [2.05, 4.69) is 11.0 Å². The average Bonchev–Trinajstić information content (AvgIpc) is 2.88. The van der Waals surface area contributed by atoms with Crippen molar-refractivity contribution < 1.29 is 4.42 Å². The maximum Gasteiger partial charge on any atom is 0.0947 e. The summed E-state index contributed by atoms with van der Waals surface area (Å²) in [6.45, 7) is 3.43. The molecular weight excluding hydrogens is 200 g/mol. The molecule has 0 spiro atoms. The van der Waals surface area contributed by atoms with E-state index in [0.717, 1.165) is 18.4 Å². The van der Waals surface area contributed by atoms with Crippen molar-refractivity contribution in [3.05, 3.63) is 24.2 Å². The summed E-state index contributed by atoms with van der Waals surface area (Å²) in [6.07, 6.45) is 7.52. The summed E-state index contributed by atoms with van der Waals surface area (Å²) >= 11 is 0. The average molecular weight is 220 g/mol. The number of nitrogens with zero attached hydrogens (tertiary/aromatic N) is 1. The van der Waals surface area contributed by atoms with E-state index in [1.807, 2.05) is 6.26 Å². The molecule has 1 aromatic heterocycles. The number of fused-ring (bicyclic) bond motifs is 1. The second kappa shape index (κ2) is 4.22. The van der Waals surface area contributed by atoms with Gasteiger partial charge in [-0.3, -0.25) is 4.90 Å². The van der Waals surface area contributed by atoms with Crippen molar-refractivity contribution in [3.63, 3.8) is 0 Å². The van der Waals surface area contributed by atoms with Crippen LogP contribution in [0.4, 0.5) is 0 Å². The van der Waals surface area contributed by atoms with Gasteiger partial charge in [-0.1, -0.05) is 6.42 Å². The van der Waals surface area contributed by atoms with Crippen LogP contribution in [0.2, 0.25) is 0 Å².